The average Bonchev–Trinajstić information content (AvgIpc) is 2.63. The third-order valence-electron chi connectivity index (χ3n) is 4.06. The lowest BCUT2D eigenvalue weighted by atomic mass is 9.97. The van der Waals surface area contributed by atoms with E-state index in [0.717, 1.165) is 39.3 Å². The van der Waals surface area contributed by atoms with Crippen LogP contribution in [0, 0.1) is 23.7 Å². The smallest absolute Gasteiger partial charge is 0.0579 e. The van der Waals surface area contributed by atoms with E-state index in [4.69, 9.17) is 9.47 Å². The SMILES string of the molecule is OC(CC1CCOC1)C1C2COCC21. The number of aliphatic hydroxyl groups excluding tert-OH is 1. The summed E-state index contributed by atoms with van der Waals surface area (Å²) in [6, 6.07) is 0. The molecule has 0 amide bonds. The lowest BCUT2D eigenvalue weighted by Crippen LogP contribution is -2.19. The van der Waals surface area contributed by atoms with Crippen LogP contribution < -0.4 is 0 Å². The van der Waals surface area contributed by atoms with E-state index in [1.165, 1.54) is 0 Å². The Kier molecular flexibility index (Phi) is 2.26. The van der Waals surface area contributed by atoms with Crippen LogP contribution in [0.1, 0.15) is 12.8 Å². The molecule has 14 heavy (non-hydrogen) atoms. The van der Waals surface area contributed by atoms with Crippen LogP contribution in [-0.2, 0) is 9.47 Å². The first-order chi connectivity index (χ1) is 6.86. The molecule has 0 bridgehead atoms. The minimum atomic E-state index is -0.0967. The highest BCUT2D eigenvalue weighted by Crippen LogP contribution is 2.53. The van der Waals surface area contributed by atoms with Crippen LogP contribution in [0.3, 0.4) is 0 Å². The van der Waals surface area contributed by atoms with Crippen molar-refractivity contribution >= 4 is 0 Å². The van der Waals surface area contributed by atoms with Gasteiger partial charge in [0.1, 0.15) is 0 Å². The van der Waals surface area contributed by atoms with Gasteiger partial charge < -0.3 is 14.6 Å². The monoisotopic (exact) mass is 198 g/mol. The quantitative estimate of drug-likeness (QED) is 0.724. The normalized spacial score (nSPS) is 47.8. The van der Waals surface area contributed by atoms with Gasteiger partial charge in [0.2, 0.25) is 0 Å². The summed E-state index contributed by atoms with van der Waals surface area (Å²) in [5, 5.41) is 10.0. The van der Waals surface area contributed by atoms with Crippen molar-refractivity contribution < 1.29 is 14.6 Å². The summed E-state index contributed by atoms with van der Waals surface area (Å²) in [5.74, 6) is 2.50. The second kappa shape index (κ2) is 3.47. The van der Waals surface area contributed by atoms with E-state index in [1.54, 1.807) is 0 Å². The predicted molar refractivity (Wildman–Crippen MR) is 50.8 cm³/mol. The van der Waals surface area contributed by atoms with Crippen molar-refractivity contribution in [2.75, 3.05) is 26.4 Å². The van der Waals surface area contributed by atoms with Gasteiger partial charge >= 0.3 is 0 Å². The summed E-state index contributed by atoms with van der Waals surface area (Å²) < 4.78 is 10.6. The largest absolute Gasteiger partial charge is 0.393 e. The molecule has 3 heteroatoms. The highest BCUT2D eigenvalue weighted by Gasteiger charge is 2.57. The first kappa shape index (κ1) is 9.13. The molecule has 2 heterocycles. The maximum Gasteiger partial charge on any atom is 0.0579 e. The summed E-state index contributed by atoms with van der Waals surface area (Å²) in [6.07, 6.45) is 1.98. The number of ether oxygens (including phenoxy) is 2. The summed E-state index contributed by atoms with van der Waals surface area (Å²) in [6.45, 7) is 3.51. The minimum absolute atomic E-state index is 0.0967. The molecule has 3 nitrogen and oxygen atoms in total. The van der Waals surface area contributed by atoms with Crippen molar-refractivity contribution in [3.05, 3.63) is 0 Å². The van der Waals surface area contributed by atoms with E-state index in [0.29, 0.717) is 23.7 Å². The molecule has 2 aliphatic heterocycles. The van der Waals surface area contributed by atoms with Crippen LogP contribution in [-0.4, -0.2) is 37.6 Å². The zero-order valence-corrected chi connectivity index (χ0v) is 8.39. The van der Waals surface area contributed by atoms with Crippen molar-refractivity contribution in [1.82, 2.24) is 0 Å². The molecular weight excluding hydrogens is 180 g/mol. The standard InChI is InChI=1S/C11H18O3/c12-10(3-7-1-2-13-4-7)11-8-5-14-6-9(8)11/h7-12H,1-6H2. The molecule has 0 aromatic carbocycles. The molecule has 80 valence electrons. The van der Waals surface area contributed by atoms with Crippen molar-refractivity contribution in [3.63, 3.8) is 0 Å². The van der Waals surface area contributed by atoms with Crippen LogP contribution in [0.4, 0.5) is 0 Å². The van der Waals surface area contributed by atoms with E-state index >= 15 is 0 Å². The molecular formula is C11H18O3. The number of fused-ring (bicyclic) bond motifs is 1. The molecule has 2 saturated heterocycles. The van der Waals surface area contributed by atoms with Crippen molar-refractivity contribution in [3.8, 4) is 0 Å². The van der Waals surface area contributed by atoms with E-state index in [9.17, 15) is 5.11 Å². The molecule has 0 aromatic rings. The van der Waals surface area contributed by atoms with Crippen molar-refractivity contribution in [1.29, 1.82) is 0 Å². The fourth-order valence-electron chi connectivity index (χ4n) is 3.12. The molecule has 1 aliphatic carbocycles. The highest BCUT2D eigenvalue weighted by molar-refractivity contribution is 5.03. The van der Waals surface area contributed by atoms with Gasteiger partial charge in [-0.25, -0.2) is 0 Å². The maximum atomic E-state index is 10.0. The Labute approximate surface area is 84.4 Å². The lowest BCUT2D eigenvalue weighted by Gasteiger charge is -2.15. The molecule has 1 saturated carbocycles. The Morgan fingerprint density at radius 3 is 2.57 bits per heavy atom. The van der Waals surface area contributed by atoms with Crippen molar-refractivity contribution in [2.24, 2.45) is 23.7 Å². The number of aliphatic hydroxyl groups is 1. The number of hydrogen-bond acceptors (Lipinski definition) is 3. The zero-order chi connectivity index (χ0) is 9.54. The molecule has 4 unspecified atom stereocenters. The third-order valence-corrected chi connectivity index (χ3v) is 4.06. The maximum absolute atomic E-state index is 10.0. The first-order valence-corrected chi connectivity index (χ1v) is 5.70. The molecule has 3 aliphatic rings. The third kappa shape index (κ3) is 1.47. The number of rotatable bonds is 3. The topological polar surface area (TPSA) is 38.7 Å². The minimum Gasteiger partial charge on any atom is -0.393 e. The van der Waals surface area contributed by atoms with E-state index in [2.05, 4.69) is 0 Å². The molecule has 4 atom stereocenters. The first-order valence-electron chi connectivity index (χ1n) is 5.70. The van der Waals surface area contributed by atoms with Crippen LogP contribution in [0.15, 0.2) is 0 Å². The molecule has 3 rings (SSSR count). The molecule has 1 N–H and O–H groups in total. The van der Waals surface area contributed by atoms with Crippen LogP contribution in [0.25, 0.3) is 0 Å². The van der Waals surface area contributed by atoms with E-state index in [1.807, 2.05) is 0 Å². The number of hydrogen-bond donors (Lipinski definition) is 1. The summed E-state index contributed by atoms with van der Waals surface area (Å²) in [7, 11) is 0. The molecule has 3 fully saturated rings. The summed E-state index contributed by atoms with van der Waals surface area (Å²) in [5.41, 5.74) is 0. The fourth-order valence-corrected chi connectivity index (χ4v) is 3.12. The molecule has 0 spiro atoms. The van der Waals surface area contributed by atoms with Gasteiger partial charge in [-0.05, 0) is 36.5 Å². The fraction of sp³-hybridized carbons (Fsp3) is 1.00. The Bertz CT molecular complexity index is 203. The van der Waals surface area contributed by atoms with Crippen molar-refractivity contribution in [2.45, 2.75) is 18.9 Å². The Balaban J connectivity index is 1.49. The van der Waals surface area contributed by atoms with E-state index in [-0.39, 0.29) is 6.10 Å². The van der Waals surface area contributed by atoms with Gasteiger partial charge in [-0.1, -0.05) is 0 Å². The van der Waals surface area contributed by atoms with E-state index < -0.39 is 0 Å². The Morgan fingerprint density at radius 1 is 1.14 bits per heavy atom. The van der Waals surface area contributed by atoms with Gasteiger partial charge in [-0.3, -0.25) is 0 Å². The lowest BCUT2D eigenvalue weighted by molar-refractivity contribution is 0.0697. The van der Waals surface area contributed by atoms with Crippen LogP contribution in [0.2, 0.25) is 0 Å². The second-order valence-corrected chi connectivity index (χ2v) is 4.98. The zero-order valence-electron chi connectivity index (χ0n) is 8.39. The molecule has 0 radical (unpaired) electrons. The summed E-state index contributed by atoms with van der Waals surface area (Å²) in [4.78, 5) is 0. The summed E-state index contributed by atoms with van der Waals surface area (Å²) >= 11 is 0. The van der Waals surface area contributed by atoms with Crippen LogP contribution >= 0.6 is 0 Å². The molecule has 0 aromatic heterocycles. The van der Waals surface area contributed by atoms with Crippen LogP contribution in [0.5, 0.6) is 0 Å². The van der Waals surface area contributed by atoms with Gasteiger partial charge in [0.25, 0.3) is 0 Å². The average molecular weight is 198 g/mol. The second-order valence-electron chi connectivity index (χ2n) is 4.98. The van der Waals surface area contributed by atoms with Gasteiger partial charge in [0.15, 0.2) is 0 Å². The van der Waals surface area contributed by atoms with Gasteiger partial charge in [0.05, 0.1) is 19.3 Å². The Morgan fingerprint density at radius 2 is 1.93 bits per heavy atom. The van der Waals surface area contributed by atoms with Gasteiger partial charge in [0, 0.05) is 13.2 Å². The van der Waals surface area contributed by atoms with Gasteiger partial charge in [-0.2, -0.15) is 0 Å². The highest BCUT2D eigenvalue weighted by atomic mass is 16.5. The predicted octanol–water partition coefficient (Wildman–Crippen LogP) is 0.666. The van der Waals surface area contributed by atoms with Gasteiger partial charge in [-0.15, -0.1) is 0 Å². The Hall–Kier alpha value is -0.120.